The Kier molecular flexibility index (Phi) is 6.05. The number of benzene rings is 1. The Hall–Kier alpha value is -2.95. The Labute approximate surface area is 202 Å². The van der Waals surface area contributed by atoms with E-state index >= 15 is 0 Å². The van der Waals surface area contributed by atoms with Gasteiger partial charge in [-0.25, -0.2) is 4.98 Å². The third kappa shape index (κ3) is 4.53. The summed E-state index contributed by atoms with van der Waals surface area (Å²) in [5.74, 6) is 0.739. The van der Waals surface area contributed by atoms with E-state index in [0.717, 1.165) is 39.8 Å². The molecule has 4 heterocycles. The lowest BCUT2D eigenvalue weighted by Crippen LogP contribution is -2.32. The highest BCUT2D eigenvalue weighted by Gasteiger charge is 2.32. The van der Waals surface area contributed by atoms with Crippen LogP contribution in [0.1, 0.15) is 29.2 Å². The molecule has 180 valence electrons. The smallest absolute Gasteiger partial charge is 0.263 e. The average molecular weight is 484 g/mol. The molecule has 2 aliphatic rings. The van der Waals surface area contributed by atoms with Gasteiger partial charge in [0, 0.05) is 25.4 Å². The van der Waals surface area contributed by atoms with Crippen molar-refractivity contribution in [2.45, 2.75) is 32.9 Å². The van der Waals surface area contributed by atoms with Crippen LogP contribution in [0.5, 0.6) is 5.75 Å². The summed E-state index contributed by atoms with van der Waals surface area (Å²) in [4.78, 5) is 20.4. The first kappa shape index (κ1) is 22.8. The van der Waals surface area contributed by atoms with Crippen LogP contribution in [-0.2, 0) is 17.7 Å². The zero-order valence-electron chi connectivity index (χ0n) is 19.6. The molecule has 1 unspecified atom stereocenters. The van der Waals surface area contributed by atoms with Crippen LogP contribution in [0.15, 0.2) is 30.6 Å². The maximum atomic E-state index is 12.7. The molecule has 5 rings (SSSR count). The largest absolute Gasteiger partial charge is 0.490 e. The number of hydrogen-bond acceptors (Lipinski definition) is 8. The van der Waals surface area contributed by atoms with Crippen LogP contribution in [0, 0.1) is 5.41 Å². The van der Waals surface area contributed by atoms with E-state index < -0.39 is 6.10 Å². The number of methoxy groups -OCH3 is 1. The van der Waals surface area contributed by atoms with Crippen LogP contribution < -0.4 is 15.0 Å². The van der Waals surface area contributed by atoms with Gasteiger partial charge in [0.15, 0.2) is 5.13 Å². The molecule has 1 atom stereocenters. The number of carbonyl (C=O) groups is 1. The molecule has 0 bridgehead atoms. The quantitative estimate of drug-likeness (QED) is 0.556. The Bertz CT molecular complexity index is 1200. The number of aliphatic hydroxyl groups excluding tert-OH is 1. The molecular formula is C24H29N5O4S. The summed E-state index contributed by atoms with van der Waals surface area (Å²) >= 11 is 1.44. The number of aromatic nitrogens is 3. The van der Waals surface area contributed by atoms with E-state index in [1.54, 1.807) is 18.0 Å². The number of rotatable bonds is 6. The Morgan fingerprint density at radius 1 is 1.35 bits per heavy atom. The number of aliphatic hydroxyl groups is 1. The van der Waals surface area contributed by atoms with Gasteiger partial charge in [0.2, 0.25) is 0 Å². The Morgan fingerprint density at radius 2 is 2.21 bits per heavy atom. The summed E-state index contributed by atoms with van der Waals surface area (Å²) in [5, 5.41) is 18.2. The molecule has 0 spiro atoms. The topological polar surface area (TPSA) is 102 Å². The van der Waals surface area contributed by atoms with Gasteiger partial charge < -0.3 is 24.8 Å². The van der Waals surface area contributed by atoms with Crippen molar-refractivity contribution >= 4 is 28.1 Å². The van der Waals surface area contributed by atoms with Crippen LogP contribution in [-0.4, -0.2) is 65.3 Å². The first-order valence-corrected chi connectivity index (χ1v) is 12.2. The van der Waals surface area contributed by atoms with Crippen LogP contribution >= 0.6 is 11.3 Å². The second kappa shape index (κ2) is 9.01. The fourth-order valence-corrected chi connectivity index (χ4v) is 5.38. The molecule has 9 nitrogen and oxygen atoms in total. The van der Waals surface area contributed by atoms with Crippen molar-refractivity contribution in [2.24, 2.45) is 5.41 Å². The highest BCUT2D eigenvalue weighted by molar-refractivity contribution is 7.17. The molecule has 34 heavy (non-hydrogen) atoms. The Balaban J connectivity index is 1.45. The van der Waals surface area contributed by atoms with Gasteiger partial charge in [0.05, 0.1) is 43.4 Å². The summed E-state index contributed by atoms with van der Waals surface area (Å²) in [6.45, 7) is 6.74. The fourth-order valence-electron chi connectivity index (χ4n) is 4.34. The second-order valence-electron chi connectivity index (χ2n) is 9.54. The van der Waals surface area contributed by atoms with E-state index in [4.69, 9.17) is 14.5 Å². The first-order valence-electron chi connectivity index (χ1n) is 11.3. The number of fused-ring (bicyclic) bond motifs is 2. The fraction of sp³-hybridized carbons (Fsp3) is 0.458. The summed E-state index contributed by atoms with van der Waals surface area (Å²) < 4.78 is 12.6. The van der Waals surface area contributed by atoms with Crippen molar-refractivity contribution in [1.82, 2.24) is 20.1 Å². The third-order valence-corrected chi connectivity index (χ3v) is 7.16. The number of amides is 1. The highest BCUT2D eigenvalue weighted by Crippen LogP contribution is 2.42. The summed E-state index contributed by atoms with van der Waals surface area (Å²) in [7, 11) is 1.56. The number of carbonyl (C=O) groups excluding carboxylic acids is 1. The summed E-state index contributed by atoms with van der Waals surface area (Å²) in [6.07, 6.45) is 3.83. The summed E-state index contributed by atoms with van der Waals surface area (Å²) in [6, 6.07) is 6.03. The number of anilines is 2. The van der Waals surface area contributed by atoms with Crippen molar-refractivity contribution < 1.29 is 19.4 Å². The molecule has 2 aliphatic heterocycles. The summed E-state index contributed by atoms with van der Waals surface area (Å²) in [5.41, 5.74) is 3.66. The lowest BCUT2D eigenvalue weighted by atomic mass is 9.88. The molecular weight excluding hydrogens is 454 g/mol. The molecule has 10 heteroatoms. The normalized spacial score (nSPS) is 17.9. The maximum absolute atomic E-state index is 12.7. The first-order chi connectivity index (χ1) is 16.3. The maximum Gasteiger partial charge on any atom is 0.263 e. The number of ether oxygens (including phenoxy) is 2. The minimum Gasteiger partial charge on any atom is -0.490 e. The number of hydrogen-bond donors (Lipinski definition) is 2. The lowest BCUT2D eigenvalue weighted by molar-refractivity contribution is 0.0514. The van der Waals surface area contributed by atoms with Gasteiger partial charge in [-0.05, 0) is 29.5 Å². The van der Waals surface area contributed by atoms with E-state index in [0.29, 0.717) is 31.1 Å². The molecule has 2 N–H and O–H groups in total. The standard InChI is InChI=1S/C24H29N5O4S/c1-24(2)9-18-21(22(31)25-14-24)34-23(27-18)29-6-7-33-20-5-4-15(8-19(20)29)16-10-26-28(11-16)12-17(30)13-32-3/h4-5,8,10-11,17,30H,6-7,9,12-14H2,1-3H3,(H,25,31). The minimum absolute atomic E-state index is 0.0423. The van der Waals surface area contributed by atoms with Gasteiger partial charge in [-0.15, -0.1) is 0 Å². The van der Waals surface area contributed by atoms with E-state index in [2.05, 4.69) is 35.2 Å². The highest BCUT2D eigenvalue weighted by atomic mass is 32.1. The van der Waals surface area contributed by atoms with Gasteiger partial charge >= 0.3 is 0 Å². The molecule has 0 saturated heterocycles. The Morgan fingerprint density at radius 3 is 3.03 bits per heavy atom. The van der Waals surface area contributed by atoms with Crippen molar-refractivity contribution in [3.05, 3.63) is 41.2 Å². The van der Waals surface area contributed by atoms with Crippen molar-refractivity contribution in [3.8, 4) is 16.9 Å². The van der Waals surface area contributed by atoms with Gasteiger partial charge in [0.1, 0.15) is 17.2 Å². The van der Waals surface area contributed by atoms with Crippen molar-refractivity contribution in [1.29, 1.82) is 0 Å². The average Bonchev–Trinajstić information content (AvgIpc) is 3.41. The van der Waals surface area contributed by atoms with E-state index in [9.17, 15) is 9.90 Å². The minimum atomic E-state index is -0.618. The molecule has 0 saturated carbocycles. The van der Waals surface area contributed by atoms with Gasteiger partial charge in [-0.3, -0.25) is 9.48 Å². The SMILES string of the molecule is COCC(O)Cn1cc(-c2ccc3c(c2)N(c2nc4c(s2)C(=O)NCC(C)(C)C4)CCO3)cn1. The zero-order valence-corrected chi connectivity index (χ0v) is 20.4. The number of thiazole rings is 1. The van der Waals surface area contributed by atoms with Gasteiger partial charge in [0.25, 0.3) is 5.91 Å². The monoisotopic (exact) mass is 483 g/mol. The molecule has 1 amide bonds. The lowest BCUT2D eigenvalue weighted by Gasteiger charge is -2.29. The molecule has 0 aliphatic carbocycles. The van der Waals surface area contributed by atoms with Crippen LogP contribution in [0.3, 0.4) is 0 Å². The van der Waals surface area contributed by atoms with Gasteiger partial charge in [-0.1, -0.05) is 31.3 Å². The predicted octanol–water partition coefficient (Wildman–Crippen LogP) is 2.86. The van der Waals surface area contributed by atoms with E-state index in [1.165, 1.54) is 11.3 Å². The number of nitrogens with zero attached hydrogens (tertiary/aromatic N) is 4. The molecule has 3 aromatic rings. The van der Waals surface area contributed by atoms with Crippen LogP contribution in [0.2, 0.25) is 0 Å². The van der Waals surface area contributed by atoms with Gasteiger partial charge in [-0.2, -0.15) is 5.10 Å². The number of nitrogens with one attached hydrogen (secondary N) is 1. The third-order valence-electron chi connectivity index (χ3n) is 6.04. The molecule has 1 aromatic carbocycles. The van der Waals surface area contributed by atoms with E-state index in [1.807, 2.05) is 18.3 Å². The second-order valence-corrected chi connectivity index (χ2v) is 10.5. The molecule has 0 radical (unpaired) electrons. The van der Waals surface area contributed by atoms with Crippen molar-refractivity contribution in [2.75, 3.05) is 38.3 Å². The van der Waals surface area contributed by atoms with Crippen LogP contribution in [0.4, 0.5) is 10.8 Å². The van der Waals surface area contributed by atoms with Crippen LogP contribution in [0.25, 0.3) is 11.1 Å². The van der Waals surface area contributed by atoms with Crippen molar-refractivity contribution in [3.63, 3.8) is 0 Å². The van der Waals surface area contributed by atoms with E-state index in [-0.39, 0.29) is 17.9 Å². The molecule has 2 aromatic heterocycles. The predicted molar refractivity (Wildman–Crippen MR) is 130 cm³/mol. The molecule has 0 fully saturated rings. The zero-order chi connectivity index (χ0) is 23.9.